The molecule has 37 heavy (non-hydrogen) atoms. The lowest BCUT2D eigenvalue weighted by Gasteiger charge is -2.20. The van der Waals surface area contributed by atoms with E-state index in [0.717, 1.165) is 5.57 Å². The Morgan fingerprint density at radius 2 is 1.73 bits per heavy atom. The largest absolute Gasteiger partial charge is 0.495 e. The average Bonchev–Trinajstić information content (AvgIpc) is 3.36. The van der Waals surface area contributed by atoms with Crippen molar-refractivity contribution in [1.82, 2.24) is 0 Å². The number of hydrogen-bond acceptors (Lipinski definition) is 6. The number of ether oxygens (including phenoxy) is 2. The van der Waals surface area contributed by atoms with Gasteiger partial charge in [0.15, 0.2) is 0 Å². The number of benzene rings is 2. The molecule has 1 aliphatic carbocycles. The predicted molar refractivity (Wildman–Crippen MR) is 138 cm³/mol. The van der Waals surface area contributed by atoms with Crippen LogP contribution in [0.15, 0.2) is 48.0 Å². The second-order valence-electron chi connectivity index (χ2n) is 9.81. The topological polar surface area (TPSA) is 93.2 Å². The molecule has 3 aliphatic rings. The maximum atomic E-state index is 13.1. The smallest absolute Gasteiger partial charge is 0.316 e. The highest BCUT2D eigenvalue weighted by Gasteiger charge is 2.49. The number of carbonyl (C=O) groups is 4. The first kappa shape index (κ1) is 25.0. The lowest BCUT2D eigenvalue weighted by atomic mass is 9.82. The van der Waals surface area contributed by atoms with Crippen LogP contribution < -0.4 is 19.3 Å². The first-order valence-corrected chi connectivity index (χ1v) is 12.6. The molecule has 0 aromatic heterocycles. The average molecular weight is 523 g/mol. The van der Waals surface area contributed by atoms with E-state index in [1.165, 1.54) is 16.9 Å². The SMILES string of the molecule is COc1ccc(Cl)cc1N1C[C@H](C(=O)Oc2ccc(N3C(=O)[C@H]4CC=C(C)C[C@@H]4C3=O)c(C)c2)CC1=O. The molecule has 0 spiro atoms. The molecule has 5 rings (SSSR count). The zero-order valence-electron chi connectivity index (χ0n) is 20.8. The van der Waals surface area contributed by atoms with Crippen molar-refractivity contribution in [3.63, 3.8) is 0 Å². The number of allylic oxidation sites excluding steroid dienone is 2. The molecule has 192 valence electrons. The van der Waals surface area contributed by atoms with E-state index in [1.54, 1.807) is 43.3 Å². The van der Waals surface area contributed by atoms with Gasteiger partial charge < -0.3 is 14.4 Å². The molecule has 2 aromatic rings. The third-order valence-electron chi connectivity index (χ3n) is 7.34. The number of methoxy groups -OCH3 is 1. The van der Waals surface area contributed by atoms with Crippen LogP contribution in [0.1, 0.15) is 31.7 Å². The third kappa shape index (κ3) is 4.50. The lowest BCUT2D eigenvalue weighted by molar-refractivity contribution is -0.139. The summed E-state index contributed by atoms with van der Waals surface area (Å²) >= 11 is 6.11. The summed E-state index contributed by atoms with van der Waals surface area (Å²) in [5, 5.41) is 0.450. The van der Waals surface area contributed by atoms with Gasteiger partial charge in [-0.15, -0.1) is 0 Å². The van der Waals surface area contributed by atoms with Crippen LogP contribution in [-0.2, 0) is 19.2 Å². The highest BCUT2D eigenvalue weighted by molar-refractivity contribution is 6.31. The van der Waals surface area contributed by atoms with Gasteiger partial charge in [0.05, 0.1) is 36.2 Å². The molecule has 0 N–H and O–H groups in total. The van der Waals surface area contributed by atoms with Gasteiger partial charge in [0.2, 0.25) is 17.7 Å². The Kier molecular flexibility index (Phi) is 6.54. The van der Waals surface area contributed by atoms with Gasteiger partial charge in [-0.05, 0) is 68.7 Å². The van der Waals surface area contributed by atoms with E-state index in [-0.39, 0.29) is 48.3 Å². The van der Waals surface area contributed by atoms with Gasteiger partial charge >= 0.3 is 5.97 Å². The number of rotatable bonds is 5. The lowest BCUT2D eigenvalue weighted by Crippen LogP contribution is -2.31. The Bertz CT molecular complexity index is 1350. The van der Waals surface area contributed by atoms with Crippen molar-refractivity contribution >= 4 is 46.7 Å². The molecule has 9 heteroatoms. The van der Waals surface area contributed by atoms with Crippen LogP contribution in [0.3, 0.4) is 0 Å². The molecule has 3 atom stereocenters. The summed E-state index contributed by atoms with van der Waals surface area (Å²) in [7, 11) is 1.50. The maximum Gasteiger partial charge on any atom is 0.316 e. The van der Waals surface area contributed by atoms with E-state index < -0.39 is 11.9 Å². The van der Waals surface area contributed by atoms with Crippen LogP contribution in [0.25, 0.3) is 0 Å². The van der Waals surface area contributed by atoms with Crippen LogP contribution in [0.2, 0.25) is 5.02 Å². The summed E-state index contributed by atoms with van der Waals surface area (Å²) in [4.78, 5) is 54.5. The van der Waals surface area contributed by atoms with E-state index in [9.17, 15) is 19.2 Å². The minimum atomic E-state index is -0.670. The fourth-order valence-electron chi connectivity index (χ4n) is 5.39. The zero-order chi connectivity index (χ0) is 26.4. The molecule has 2 aromatic carbocycles. The van der Waals surface area contributed by atoms with Crippen molar-refractivity contribution in [2.75, 3.05) is 23.5 Å². The minimum absolute atomic E-state index is 0.00141. The standard InChI is InChI=1S/C28H27ClN2O6/c1-15-4-7-20-21(10-15)27(34)31(26(20)33)22-8-6-19(11-16(22)2)37-28(35)17-12-25(32)30(14-17)23-13-18(29)5-9-24(23)36-3/h4-6,8-9,11,13,17,20-21H,7,10,12,14H2,1-3H3/t17-,20+,21+/m1/s1. The molecule has 3 amide bonds. The highest BCUT2D eigenvalue weighted by Crippen LogP contribution is 2.41. The van der Waals surface area contributed by atoms with E-state index in [2.05, 4.69) is 0 Å². The molecule has 8 nitrogen and oxygen atoms in total. The van der Waals surface area contributed by atoms with Crippen molar-refractivity contribution in [2.24, 2.45) is 17.8 Å². The Hall–Kier alpha value is -3.65. The summed E-state index contributed by atoms with van der Waals surface area (Å²) in [5.74, 6) is -1.69. The van der Waals surface area contributed by atoms with Crippen LogP contribution >= 0.6 is 11.6 Å². The summed E-state index contributed by atoms with van der Waals surface area (Å²) in [6, 6.07) is 9.80. The molecule has 0 bridgehead atoms. The number of imide groups is 1. The monoisotopic (exact) mass is 522 g/mol. The number of fused-ring (bicyclic) bond motifs is 1. The Balaban J connectivity index is 1.29. The normalized spacial score (nSPS) is 23.3. The second kappa shape index (κ2) is 9.67. The Morgan fingerprint density at radius 1 is 0.973 bits per heavy atom. The summed E-state index contributed by atoms with van der Waals surface area (Å²) in [6.07, 6.45) is 3.20. The van der Waals surface area contributed by atoms with Crippen LogP contribution in [0, 0.1) is 24.7 Å². The molecule has 2 saturated heterocycles. The fourth-order valence-corrected chi connectivity index (χ4v) is 5.56. The van der Waals surface area contributed by atoms with Crippen molar-refractivity contribution in [3.8, 4) is 11.5 Å². The number of hydrogen-bond donors (Lipinski definition) is 0. The number of carbonyl (C=O) groups excluding carboxylic acids is 4. The molecule has 0 unspecified atom stereocenters. The van der Waals surface area contributed by atoms with Crippen LogP contribution in [0.4, 0.5) is 11.4 Å². The van der Waals surface area contributed by atoms with E-state index in [1.807, 2.05) is 13.0 Å². The number of nitrogens with zero attached hydrogens (tertiary/aromatic N) is 2. The Labute approximate surface area is 219 Å². The number of aryl methyl sites for hydroxylation is 1. The zero-order valence-corrected chi connectivity index (χ0v) is 21.6. The number of anilines is 2. The van der Waals surface area contributed by atoms with Gasteiger partial charge in [-0.2, -0.15) is 0 Å². The van der Waals surface area contributed by atoms with Crippen molar-refractivity contribution in [2.45, 2.75) is 33.1 Å². The molecule has 0 saturated carbocycles. The van der Waals surface area contributed by atoms with E-state index in [4.69, 9.17) is 21.1 Å². The van der Waals surface area contributed by atoms with Crippen LogP contribution in [0.5, 0.6) is 11.5 Å². The predicted octanol–water partition coefficient (Wildman–Crippen LogP) is 4.46. The first-order chi connectivity index (χ1) is 17.7. The summed E-state index contributed by atoms with van der Waals surface area (Å²) < 4.78 is 10.9. The number of esters is 1. The van der Waals surface area contributed by atoms with Gasteiger partial charge in [0, 0.05) is 18.0 Å². The first-order valence-electron chi connectivity index (χ1n) is 12.2. The third-order valence-corrected chi connectivity index (χ3v) is 7.58. The highest BCUT2D eigenvalue weighted by atomic mass is 35.5. The van der Waals surface area contributed by atoms with Crippen molar-refractivity contribution in [1.29, 1.82) is 0 Å². The fraction of sp³-hybridized carbons (Fsp3) is 0.357. The van der Waals surface area contributed by atoms with Crippen molar-refractivity contribution in [3.05, 3.63) is 58.6 Å². The molecular formula is C28H27ClN2O6. The van der Waals surface area contributed by atoms with Gasteiger partial charge in [-0.1, -0.05) is 23.3 Å². The Morgan fingerprint density at radius 3 is 2.46 bits per heavy atom. The van der Waals surface area contributed by atoms with Crippen LogP contribution in [-0.4, -0.2) is 37.3 Å². The molecule has 2 aliphatic heterocycles. The van der Waals surface area contributed by atoms with E-state index >= 15 is 0 Å². The maximum absolute atomic E-state index is 13.1. The van der Waals surface area contributed by atoms with Crippen molar-refractivity contribution < 1.29 is 28.7 Å². The summed E-state index contributed by atoms with van der Waals surface area (Å²) in [6.45, 7) is 3.89. The van der Waals surface area contributed by atoms with Gasteiger partial charge in [0.25, 0.3) is 0 Å². The molecule has 0 radical (unpaired) electrons. The molecule has 2 fully saturated rings. The number of amides is 3. The van der Waals surface area contributed by atoms with Gasteiger partial charge in [-0.25, -0.2) is 4.90 Å². The molecule has 2 heterocycles. The summed E-state index contributed by atoms with van der Waals surface area (Å²) in [5.41, 5.74) is 2.77. The second-order valence-corrected chi connectivity index (χ2v) is 10.2. The number of halogens is 1. The quantitative estimate of drug-likeness (QED) is 0.249. The molecular weight excluding hydrogens is 496 g/mol. The van der Waals surface area contributed by atoms with E-state index in [0.29, 0.717) is 40.6 Å². The van der Waals surface area contributed by atoms with Gasteiger partial charge in [-0.3, -0.25) is 19.2 Å². The van der Waals surface area contributed by atoms with Gasteiger partial charge in [0.1, 0.15) is 11.5 Å². The minimum Gasteiger partial charge on any atom is -0.495 e.